The van der Waals surface area contributed by atoms with E-state index in [1.54, 1.807) is 0 Å². The molecule has 3 N–H and O–H groups in total. The molecule has 0 aliphatic carbocycles. The standard InChI is InChI=1S/C8H11F6NO3/c1-6(2-16,3-17)15-5(18)4(7(9,10)11)8(12,13)14/h4,16-17H,2-3H2,1H3,(H,15,18). The van der Waals surface area contributed by atoms with Gasteiger partial charge in [0.05, 0.1) is 18.8 Å². The minimum absolute atomic E-state index is 0.898. The zero-order valence-corrected chi connectivity index (χ0v) is 9.06. The van der Waals surface area contributed by atoms with Gasteiger partial charge in [-0.25, -0.2) is 0 Å². The van der Waals surface area contributed by atoms with Gasteiger partial charge < -0.3 is 15.5 Å². The Labute approximate surface area is 97.6 Å². The van der Waals surface area contributed by atoms with E-state index < -0.39 is 42.9 Å². The Hall–Kier alpha value is -1.03. The van der Waals surface area contributed by atoms with Crippen molar-refractivity contribution in [1.29, 1.82) is 0 Å². The Kier molecular flexibility index (Phi) is 5.00. The smallest absolute Gasteiger partial charge is 0.394 e. The summed E-state index contributed by atoms with van der Waals surface area (Å²) < 4.78 is 72.9. The zero-order valence-electron chi connectivity index (χ0n) is 9.06. The van der Waals surface area contributed by atoms with Gasteiger partial charge in [-0.15, -0.1) is 0 Å². The summed E-state index contributed by atoms with van der Waals surface area (Å²) in [5.74, 6) is -6.58. The first-order chi connectivity index (χ1) is 7.87. The molecule has 0 aliphatic heterocycles. The Balaban J connectivity index is 5.14. The van der Waals surface area contributed by atoms with Crippen molar-refractivity contribution < 1.29 is 41.4 Å². The first-order valence-electron chi connectivity index (χ1n) is 4.54. The van der Waals surface area contributed by atoms with Crippen molar-refractivity contribution in [3.63, 3.8) is 0 Å². The quantitative estimate of drug-likeness (QED) is 0.661. The molecular formula is C8H11F6NO3. The molecule has 0 aromatic carbocycles. The highest BCUT2D eigenvalue weighted by molar-refractivity contribution is 5.81. The van der Waals surface area contributed by atoms with Crippen molar-refractivity contribution in [2.75, 3.05) is 13.2 Å². The summed E-state index contributed by atoms with van der Waals surface area (Å²) >= 11 is 0. The number of amides is 1. The van der Waals surface area contributed by atoms with Crippen molar-refractivity contribution in [2.24, 2.45) is 5.92 Å². The van der Waals surface area contributed by atoms with Gasteiger partial charge in [0, 0.05) is 0 Å². The number of carbonyl (C=O) groups is 1. The Morgan fingerprint density at radius 3 is 1.61 bits per heavy atom. The summed E-state index contributed by atoms with van der Waals surface area (Å²) in [5.41, 5.74) is -1.97. The third-order valence-corrected chi connectivity index (χ3v) is 2.04. The van der Waals surface area contributed by atoms with Gasteiger partial charge >= 0.3 is 12.4 Å². The highest BCUT2D eigenvalue weighted by Gasteiger charge is 2.61. The average Bonchev–Trinajstić information content (AvgIpc) is 2.12. The van der Waals surface area contributed by atoms with Crippen molar-refractivity contribution in [1.82, 2.24) is 5.32 Å². The molecule has 0 rings (SSSR count). The molecule has 0 heterocycles. The fourth-order valence-electron chi connectivity index (χ4n) is 0.982. The fraction of sp³-hybridized carbons (Fsp3) is 0.875. The van der Waals surface area contributed by atoms with E-state index in [1.165, 1.54) is 5.32 Å². The molecule has 0 unspecified atom stereocenters. The molecule has 0 aliphatic rings. The van der Waals surface area contributed by atoms with Gasteiger partial charge in [-0.1, -0.05) is 0 Å². The Morgan fingerprint density at radius 1 is 1.06 bits per heavy atom. The molecule has 0 aromatic rings. The fourth-order valence-corrected chi connectivity index (χ4v) is 0.982. The van der Waals surface area contributed by atoms with Crippen molar-refractivity contribution in [3.8, 4) is 0 Å². The van der Waals surface area contributed by atoms with E-state index in [0.717, 1.165) is 6.92 Å². The second-order valence-corrected chi connectivity index (χ2v) is 3.88. The summed E-state index contributed by atoms with van der Waals surface area (Å²) in [5, 5.41) is 18.7. The van der Waals surface area contributed by atoms with E-state index in [4.69, 9.17) is 10.2 Å². The number of hydrogen-bond donors (Lipinski definition) is 3. The van der Waals surface area contributed by atoms with E-state index in [1.807, 2.05) is 0 Å². The minimum Gasteiger partial charge on any atom is -0.394 e. The summed E-state index contributed by atoms with van der Waals surface area (Å²) in [6.07, 6.45) is -11.6. The maximum Gasteiger partial charge on any atom is 0.409 e. The number of hydrogen-bond acceptors (Lipinski definition) is 3. The summed E-state index contributed by atoms with van der Waals surface area (Å²) in [7, 11) is 0. The molecule has 0 atom stereocenters. The molecule has 108 valence electrons. The third kappa shape index (κ3) is 4.33. The van der Waals surface area contributed by atoms with Crippen LogP contribution in [-0.2, 0) is 4.79 Å². The van der Waals surface area contributed by atoms with Gasteiger partial charge in [-0.05, 0) is 6.92 Å². The number of aliphatic hydroxyl groups excluding tert-OH is 2. The molecule has 0 aromatic heterocycles. The van der Waals surface area contributed by atoms with Gasteiger partial charge in [-0.3, -0.25) is 4.79 Å². The van der Waals surface area contributed by atoms with E-state index in [2.05, 4.69) is 0 Å². The largest absolute Gasteiger partial charge is 0.409 e. The van der Waals surface area contributed by atoms with Crippen molar-refractivity contribution >= 4 is 5.91 Å². The van der Waals surface area contributed by atoms with E-state index in [-0.39, 0.29) is 0 Å². The van der Waals surface area contributed by atoms with E-state index >= 15 is 0 Å². The normalized spacial score (nSPS) is 13.9. The number of alkyl halides is 6. The monoisotopic (exact) mass is 283 g/mol. The van der Waals surface area contributed by atoms with Crippen LogP contribution in [0.5, 0.6) is 0 Å². The molecule has 4 nitrogen and oxygen atoms in total. The van der Waals surface area contributed by atoms with Crippen LogP contribution < -0.4 is 5.32 Å². The van der Waals surface area contributed by atoms with Crippen LogP contribution in [0.2, 0.25) is 0 Å². The average molecular weight is 283 g/mol. The van der Waals surface area contributed by atoms with Gasteiger partial charge in [0.1, 0.15) is 0 Å². The van der Waals surface area contributed by atoms with E-state index in [0.29, 0.717) is 0 Å². The third-order valence-electron chi connectivity index (χ3n) is 2.04. The van der Waals surface area contributed by atoms with Crippen LogP contribution in [0.15, 0.2) is 0 Å². The number of rotatable bonds is 4. The maximum atomic E-state index is 12.1. The molecule has 18 heavy (non-hydrogen) atoms. The summed E-state index contributed by atoms with van der Waals surface area (Å²) in [6, 6.07) is 0. The lowest BCUT2D eigenvalue weighted by Crippen LogP contribution is -2.57. The van der Waals surface area contributed by atoms with Gasteiger partial charge in [0.15, 0.2) is 0 Å². The first kappa shape index (κ1) is 17.0. The lowest BCUT2D eigenvalue weighted by atomic mass is 10.0. The minimum atomic E-state index is -5.81. The van der Waals surface area contributed by atoms with Gasteiger partial charge in [0.2, 0.25) is 11.8 Å². The van der Waals surface area contributed by atoms with Crippen LogP contribution in [0, 0.1) is 5.92 Å². The molecule has 0 fully saturated rings. The SMILES string of the molecule is CC(CO)(CO)NC(=O)C(C(F)(F)F)C(F)(F)F. The van der Waals surface area contributed by atoms with Gasteiger partial charge in [0.25, 0.3) is 0 Å². The van der Waals surface area contributed by atoms with E-state index in [9.17, 15) is 31.1 Å². The number of halogens is 6. The summed E-state index contributed by atoms with van der Waals surface area (Å²) in [4.78, 5) is 11.0. The molecule has 0 saturated carbocycles. The predicted octanol–water partition coefficient (Wildman–Crippen LogP) is 0.587. The van der Waals surface area contributed by atoms with Crippen molar-refractivity contribution in [2.45, 2.75) is 24.8 Å². The second kappa shape index (κ2) is 5.31. The Morgan fingerprint density at radius 2 is 1.39 bits per heavy atom. The molecule has 0 saturated heterocycles. The van der Waals surface area contributed by atoms with Crippen LogP contribution >= 0.6 is 0 Å². The Bertz CT molecular complexity index is 282. The second-order valence-electron chi connectivity index (χ2n) is 3.88. The molecule has 1 amide bonds. The lowest BCUT2D eigenvalue weighted by Gasteiger charge is -2.30. The highest BCUT2D eigenvalue weighted by Crippen LogP contribution is 2.39. The van der Waals surface area contributed by atoms with Gasteiger partial charge in [-0.2, -0.15) is 26.3 Å². The number of carbonyl (C=O) groups excluding carboxylic acids is 1. The summed E-state index contributed by atoms with van der Waals surface area (Å²) in [6.45, 7) is -1.13. The van der Waals surface area contributed by atoms with Crippen LogP contribution in [0.1, 0.15) is 6.92 Å². The van der Waals surface area contributed by atoms with Crippen molar-refractivity contribution in [3.05, 3.63) is 0 Å². The van der Waals surface area contributed by atoms with Crippen LogP contribution in [0.3, 0.4) is 0 Å². The molecular weight excluding hydrogens is 272 g/mol. The molecule has 0 spiro atoms. The van der Waals surface area contributed by atoms with Crippen LogP contribution in [0.4, 0.5) is 26.3 Å². The van der Waals surface area contributed by atoms with Crippen LogP contribution in [0.25, 0.3) is 0 Å². The highest BCUT2D eigenvalue weighted by atomic mass is 19.4. The molecule has 0 radical (unpaired) electrons. The maximum absolute atomic E-state index is 12.1. The number of aliphatic hydroxyl groups is 2. The molecule has 10 heteroatoms. The molecule has 0 bridgehead atoms. The lowest BCUT2D eigenvalue weighted by molar-refractivity contribution is -0.274. The topological polar surface area (TPSA) is 69.6 Å². The predicted molar refractivity (Wildman–Crippen MR) is 46.3 cm³/mol. The zero-order chi connectivity index (χ0) is 14.8. The van der Waals surface area contributed by atoms with Crippen LogP contribution in [-0.4, -0.2) is 47.2 Å². The number of nitrogens with one attached hydrogen (secondary N) is 1. The first-order valence-corrected chi connectivity index (χ1v) is 4.54.